The SMILES string of the molecule is Cc1ccc(N=C(C=C(N)C(C)(C)C)NC(=O)N[C@H]2CC[C@@H](CCc3ccc(=N)n(C(=N)N4CCC[C@H]4CO[Si](C(C)C)(C(C)C)C(C)C)c3)c3ccccc32)cc1. The highest BCUT2D eigenvalue weighted by Gasteiger charge is 2.46. The van der Waals surface area contributed by atoms with Gasteiger partial charge in [-0.2, -0.15) is 0 Å². The molecule has 1 fully saturated rings. The van der Waals surface area contributed by atoms with Gasteiger partial charge < -0.3 is 20.4 Å². The number of pyridine rings is 1. The van der Waals surface area contributed by atoms with Gasteiger partial charge in [-0.05, 0) is 103 Å². The van der Waals surface area contributed by atoms with Gasteiger partial charge in [-0.3, -0.25) is 20.7 Å². The van der Waals surface area contributed by atoms with Gasteiger partial charge in [-0.1, -0.05) is 110 Å². The molecule has 58 heavy (non-hydrogen) atoms. The number of nitrogens with one attached hydrogen (secondary N) is 4. The molecule has 1 aliphatic carbocycles. The molecule has 0 spiro atoms. The summed E-state index contributed by atoms with van der Waals surface area (Å²) >= 11 is 0. The van der Waals surface area contributed by atoms with Crippen molar-refractivity contribution in [2.24, 2.45) is 16.1 Å². The maximum Gasteiger partial charge on any atom is 0.320 e. The molecule has 2 amide bonds. The molecule has 0 radical (unpaired) electrons. The third-order valence-electron chi connectivity index (χ3n) is 12.5. The topological polar surface area (TPSA) is 145 Å². The Hall–Kier alpha value is -4.48. The van der Waals surface area contributed by atoms with Gasteiger partial charge in [0.15, 0.2) is 8.32 Å². The Morgan fingerprint density at radius 3 is 2.26 bits per heavy atom. The summed E-state index contributed by atoms with van der Waals surface area (Å²) in [6, 6.07) is 19.8. The number of rotatable bonds is 12. The molecule has 0 saturated carbocycles. The van der Waals surface area contributed by atoms with Gasteiger partial charge in [-0.25, -0.2) is 9.79 Å². The summed E-state index contributed by atoms with van der Waals surface area (Å²) in [7, 11) is -2.03. The van der Waals surface area contributed by atoms with E-state index in [0.29, 0.717) is 52.1 Å². The summed E-state index contributed by atoms with van der Waals surface area (Å²) in [6.45, 7) is 23.5. The number of nitrogens with two attached hydrogens (primary N) is 1. The molecule has 2 aromatic carbocycles. The number of fused-ring (bicyclic) bond motifs is 1. The van der Waals surface area contributed by atoms with Gasteiger partial charge in [-0.15, -0.1) is 0 Å². The molecular weight excluding hydrogens is 737 g/mol. The number of amides is 2. The standard InChI is InChI=1S/C47H70N8O2Si/c1-31(2)58(32(3)4,33(5)6)57-30-38-14-13-27-54(38)45(50)55-29-35(20-26-43(55)49)19-21-36-22-25-41(40-16-12-11-15-39(36)40)52-46(56)53-44(28-42(48)47(8,9)10)51-37-23-17-34(7)18-24-37/h11-12,15-18,20,23-24,26,28-29,31-33,36,38,41,49-50H,13-14,19,21-22,25,27,30,48H2,1-10H3,(H2,51,52,53,56)/t36-,38+,41+/m1/s1. The van der Waals surface area contributed by atoms with Crippen LogP contribution in [-0.4, -0.2) is 54.8 Å². The van der Waals surface area contributed by atoms with Gasteiger partial charge in [0, 0.05) is 29.9 Å². The number of carbonyl (C=O) groups is 1. The smallest absolute Gasteiger partial charge is 0.320 e. The second kappa shape index (κ2) is 19.1. The van der Waals surface area contributed by atoms with Crippen molar-refractivity contribution < 1.29 is 9.22 Å². The molecule has 1 aliphatic heterocycles. The molecule has 2 aliphatic rings. The molecule has 10 nitrogen and oxygen atoms in total. The van der Waals surface area contributed by atoms with Gasteiger partial charge in [0.1, 0.15) is 11.3 Å². The first-order chi connectivity index (χ1) is 27.4. The molecule has 2 heterocycles. The highest BCUT2D eigenvalue weighted by atomic mass is 28.4. The summed E-state index contributed by atoms with van der Waals surface area (Å²) in [5.41, 5.74) is 14.0. The number of nitrogens with zero attached hydrogens (tertiary/aromatic N) is 3. The minimum atomic E-state index is -2.03. The summed E-state index contributed by atoms with van der Waals surface area (Å²) in [4.78, 5) is 20.5. The number of hydrogen-bond acceptors (Lipinski definition) is 6. The Morgan fingerprint density at radius 2 is 1.62 bits per heavy atom. The Bertz CT molecular complexity index is 1990. The molecule has 1 saturated heterocycles. The van der Waals surface area contributed by atoms with Crippen molar-refractivity contribution in [1.29, 1.82) is 10.8 Å². The van der Waals surface area contributed by atoms with Crippen LogP contribution in [0.1, 0.15) is 129 Å². The number of urea groups is 1. The molecule has 3 atom stereocenters. The van der Waals surface area contributed by atoms with E-state index >= 15 is 0 Å². The van der Waals surface area contributed by atoms with Crippen molar-refractivity contribution in [3.05, 3.63) is 106 Å². The maximum atomic E-state index is 13.6. The van der Waals surface area contributed by atoms with E-state index in [1.807, 2.05) is 76.4 Å². The predicted octanol–water partition coefficient (Wildman–Crippen LogP) is 10.2. The molecule has 3 aromatic rings. The van der Waals surface area contributed by atoms with Crippen molar-refractivity contribution in [2.45, 2.75) is 142 Å². The fraction of sp³-hybridized carbons (Fsp3) is 0.532. The molecule has 314 valence electrons. The van der Waals surface area contributed by atoms with Crippen molar-refractivity contribution in [1.82, 2.24) is 20.1 Å². The number of hydrogen-bond donors (Lipinski definition) is 5. The number of amidine groups is 1. The number of aryl methyl sites for hydroxylation is 2. The van der Waals surface area contributed by atoms with Crippen LogP contribution in [0, 0.1) is 23.2 Å². The van der Waals surface area contributed by atoms with Gasteiger partial charge in [0.05, 0.1) is 24.4 Å². The maximum absolute atomic E-state index is 13.6. The van der Waals surface area contributed by atoms with E-state index in [-0.39, 0.29) is 23.5 Å². The lowest BCUT2D eigenvalue weighted by molar-refractivity contribution is 0.201. The minimum absolute atomic E-state index is 0.138. The van der Waals surface area contributed by atoms with Gasteiger partial charge >= 0.3 is 6.03 Å². The molecular formula is C47H70N8O2Si. The van der Waals surface area contributed by atoms with Crippen molar-refractivity contribution >= 4 is 31.8 Å². The van der Waals surface area contributed by atoms with E-state index in [4.69, 9.17) is 20.6 Å². The number of aliphatic imine (C=N–C) groups is 1. The lowest BCUT2D eigenvalue weighted by Crippen LogP contribution is -2.51. The Kier molecular flexibility index (Phi) is 14.7. The first kappa shape index (κ1) is 44.6. The lowest BCUT2D eigenvalue weighted by Gasteiger charge is -2.43. The quantitative estimate of drug-likeness (QED) is 0.0705. The molecule has 11 heteroatoms. The van der Waals surface area contributed by atoms with Crippen LogP contribution in [0.25, 0.3) is 0 Å². The Morgan fingerprint density at radius 1 is 0.966 bits per heavy atom. The third-order valence-corrected chi connectivity index (χ3v) is 18.6. The highest BCUT2D eigenvalue weighted by molar-refractivity contribution is 6.77. The van der Waals surface area contributed by atoms with E-state index in [2.05, 4.69) is 75.3 Å². The summed E-state index contributed by atoms with van der Waals surface area (Å²) < 4.78 is 8.75. The van der Waals surface area contributed by atoms with Gasteiger partial charge in [0.2, 0.25) is 5.96 Å². The number of likely N-dealkylation sites (tertiary alicyclic amines) is 1. The molecule has 5 rings (SSSR count). The summed E-state index contributed by atoms with van der Waals surface area (Å²) in [5, 5.41) is 24.3. The van der Waals surface area contributed by atoms with Crippen molar-refractivity contribution in [2.75, 3.05) is 13.2 Å². The van der Waals surface area contributed by atoms with E-state index in [1.54, 1.807) is 10.6 Å². The zero-order chi connectivity index (χ0) is 42.4. The van der Waals surface area contributed by atoms with Crippen LogP contribution in [-0.2, 0) is 10.8 Å². The second-order valence-corrected chi connectivity index (χ2v) is 24.0. The minimum Gasteiger partial charge on any atom is -0.414 e. The molecule has 0 unspecified atom stereocenters. The summed E-state index contributed by atoms with van der Waals surface area (Å²) in [6.07, 6.45) is 9.25. The molecule has 0 bridgehead atoms. The van der Waals surface area contributed by atoms with Crippen LogP contribution in [0.2, 0.25) is 16.6 Å². The zero-order valence-corrected chi connectivity index (χ0v) is 37.8. The predicted molar refractivity (Wildman–Crippen MR) is 241 cm³/mol. The van der Waals surface area contributed by atoms with Crippen molar-refractivity contribution in [3.8, 4) is 0 Å². The number of benzene rings is 2. The fourth-order valence-electron chi connectivity index (χ4n) is 9.23. The van der Waals surface area contributed by atoms with Gasteiger partial charge in [0.25, 0.3) is 0 Å². The fourth-order valence-corrected chi connectivity index (χ4v) is 14.7. The average molecular weight is 807 g/mol. The second-order valence-electron chi connectivity index (χ2n) is 18.5. The monoisotopic (exact) mass is 807 g/mol. The van der Waals surface area contributed by atoms with Crippen molar-refractivity contribution in [3.63, 3.8) is 0 Å². The van der Waals surface area contributed by atoms with Crippen LogP contribution in [0.5, 0.6) is 0 Å². The third kappa shape index (κ3) is 10.6. The zero-order valence-electron chi connectivity index (χ0n) is 36.8. The Balaban J connectivity index is 1.26. The van der Waals surface area contributed by atoms with Crippen LogP contribution in [0.3, 0.4) is 0 Å². The number of carbonyl (C=O) groups excluding carboxylic acids is 1. The van der Waals surface area contributed by atoms with Crippen LogP contribution < -0.4 is 21.9 Å². The normalized spacial score (nSPS) is 19.2. The first-order valence-corrected chi connectivity index (χ1v) is 23.6. The van der Waals surface area contributed by atoms with E-state index in [0.717, 1.165) is 67.4 Å². The first-order valence-electron chi connectivity index (χ1n) is 21.5. The molecule has 1 aromatic heterocycles. The average Bonchev–Trinajstić information content (AvgIpc) is 3.64. The van der Waals surface area contributed by atoms with Crippen LogP contribution in [0.15, 0.2) is 83.6 Å². The van der Waals surface area contributed by atoms with E-state index in [9.17, 15) is 10.2 Å². The molecule has 6 N–H and O–H groups in total. The van der Waals surface area contributed by atoms with E-state index in [1.165, 1.54) is 5.56 Å². The highest BCUT2D eigenvalue weighted by Crippen LogP contribution is 2.43. The van der Waals surface area contributed by atoms with Crippen LogP contribution in [0.4, 0.5) is 10.5 Å². The summed E-state index contributed by atoms with van der Waals surface area (Å²) in [5.74, 6) is 1.07. The largest absolute Gasteiger partial charge is 0.414 e. The Labute approximate surface area is 348 Å². The van der Waals surface area contributed by atoms with E-state index < -0.39 is 8.32 Å². The van der Waals surface area contributed by atoms with Crippen LogP contribution >= 0.6 is 0 Å². The number of aromatic nitrogens is 1. The number of allylic oxidation sites excluding steroid dienone is 1. The lowest BCUT2D eigenvalue weighted by atomic mass is 9.77.